The van der Waals surface area contributed by atoms with E-state index >= 15 is 0 Å². The summed E-state index contributed by atoms with van der Waals surface area (Å²) in [6.07, 6.45) is 10.0. The van der Waals surface area contributed by atoms with E-state index in [0.717, 1.165) is 79.7 Å². The van der Waals surface area contributed by atoms with E-state index in [1.54, 1.807) is 19.5 Å². The van der Waals surface area contributed by atoms with Crippen molar-refractivity contribution < 1.29 is 14.6 Å². The first kappa shape index (κ1) is 25.7. The number of methoxy groups -OCH3 is 1. The lowest BCUT2D eigenvalue weighted by Crippen LogP contribution is -2.42. The summed E-state index contributed by atoms with van der Waals surface area (Å²) in [4.78, 5) is 24.0. The van der Waals surface area contributed by atoms with E-state index in [1.807, 2.05) is 42.2 Å². The Hall–Kier alpha value is -2.35. The van der Waals surface area contributed by atoms with E-state index in [9.17, 15) is 9.90 Å². The molecule has 3 aromatic rings. The number of ether oxygens (including phenoxy) is 1. The smallest absolute Gasteiger partial charge is 0.303 e. The monoisotopic (exact) mass is 513 g/mol. The third-order valence-corrected chi connectivity index (χ3v) is 8.31. The first-order chi connectivity index (χ1) is 17.0. The van der Waals surface area contributed by atoms with Crippen molar-refractivity contribution >= 4 is 40.2 Å². The SMILES string of the molecule is COc1ccc2ncc(Cl)c(CCCC3(CC(=O)O)CCN(CCSc4cccnc4)CC3)c2c1. The van der Waals surface area contributed by atoms with Gasteiger partial charge in [0.2, 0.25) is 0 Å². The first-order valence-electron chi connectivity index (χ1n) is 12.1. The summed E-state index contributed by atoms with van der Waals surface area (Å²) in [5.74, 6) is 1.08. The van der Waals surface area contributed by atoms with Gasteiger partial charge in [-0.25, -0.2) is 0 Å². The van der Waals surface area contributed by atoms with Gasteiger partial charge in [-0.15, -0.1) is 11.8 Å². The number of benzene rings is 1. The van der Waals surface area contributed by atoms with Crippen LogP contribution in [-0.2, 0) is 11.2 Å². The molecule has 0 aliphatic carbocycles. The number of aliphatic carboxylic acids is 1. The number of carbonyl (C=O) groups is 1. The zero-order chi connectivity index (χ0) is 24.7. The minimum absolute atomic E-state index is 0.161. The van der Waals surface area contributed by atoms with Gasteiger partial charge < -0.3 is 14.7 Å². The Balaban J connectivity index is 1.35. The van der Waals surface area contributed by atoms with E-state index < -0.39 is 5.97 Å². The van der Waals surface area contributed by atoms with Crippen molar-refractivity contribution in [3.8, 4) is 5.75 Å². The van der Waals surface area contributed by atoms with Gasteiger partial charge in [0.25, 0.3) is 0 Å². The maximum Gasteiger partial charge on any atom is 0.303 e. The number of likely N-dealkylation sites (tertiary alicyclic amines) is 1. The van der Waals surface area contributed by atoms with Gasteiger partial charge in [0, 0.05) is 41.2 Å². The second-order valence-electron chi connectivity index (χ2n) is 9.27. The van der Waals surface area contributed by atoms with Crippen LogP contribution in [0.5, 0.6) is 5.75 Å². The highest BCUT2D eigenvalue weighted by atomic mass is 35.5. The van der Waals surface area contributed by atoms with Crippen molar-refractivity contribution in [3.63, 3.8) is 0 Å². The molecule has 0 unspecified atom stereocenters. The number of nitrogens with zero attached hydrogens (tertiary/aromatic N) is 3. The van der Waals surface area contributed by atoms with Gasteiger partial charge in [-0.1, -0.05) is 11.6 Å². The molecule has 3 heterocycles. The highest BCUT2D eigenvalue weighted by Crippen LogP contribution is 2.41. The molecule has 1 aliphatic heterocycles. The molecule has 1 saturated heterocycles. The number of halogens is 1. The van der Waals surface area contributed by atoms with Crippen molar-refractivity contribution in [2.24, 2.45) is 5.41 Å². The summed E-state index contributed by atoms with van der Waals surface area (Å²) in [7, 11) is 1.65. The summed E-state index contributed by atoms with van der Waals surface area (Å²) in [5, 5.41) is 11.3. The molecule has 0 bridgehead atoms. The lowest BCUT2D eigenvalue weighted by molar-refractivity contribution is -0.140. The molecule has 1 aromatic carbocycles. The van der Waals surface area contributed by atoms with E-state index in [1.165, 1.54) is 4.90 Å². The molecule has 35 heavy (non-hydrogen) atoms. The maximum absolute atomic E-state index is 11.7. The summed E-state index contributed by atoms with van der Waals surface area (Å²) in [6, 6.07) is 9.88. The van der Waals surface area contributed by atoms with Crippen LogP contribution in [0.3, 0.4) is 0 Å². The molecule has 4 rings (SSSR count). The molecular formula is C27H32ClN3O3S. The van der Waals surface area contributed by atoms with Crippen molar-refractivity contribution in [2.45, 2.75) is 43.4 Å². The summed E-state index contributed by atoms with van der Waals surface area (Å²) >= 11 is 8.36. The van der Waals surface area contributed by atoms with Crippen LogP contribution in [0.25, 0.3) is 10.9 Å². The van der Waals surface area contributed by atoms with Crippen LogP contribution in [0.1, 0.15) is 37.7 Å². The standard InChI is InChI=1S/C27H32ClN3O3S/c1-34-20-6-7-25-23(16-20)22(24(28)19-30-25)5-2-8-27(17-26(32)33)9-12-31(13-10-27)14-15-35-21-4-3-11-29-18-21/h3-4,6-7,11,16,18-19H,2,5,8-10,12-15,17H2,1H3,(H,32,33). The van der Waals surface area contributed by atoms with Gasteiger partial charge in [0.1, 0.15) is 5.75 Å². The molecule has 0 amide bonds. The fraction of sp³-hybridized carbons (Fsp3) is 0.444. The number of hydrogen-bond acceptors (Lipinski definition) is 6. The highest BCUT2D eigenvalue weighted by Gasteiger charge is 2.36. The van der Waals surface area contributed by atoms with E-state index in [0.29, 0.717) is 5.02 Å². The van der Waals surface area contributed by atoms with Crippen LogP contribution >= 0.6 is 23.4 Å². The Labute approximate surface area is 216 Å². The molecule has 0 radical (unpaired) electrons. The number of rotatable bonds is 11. The first-order valence-corrected chi connectivity index (χ1v) is 13.4. The number of carboxylic acids is 1. The van der Waals surface area contributed by atoms with Gasteiger partial charge in [-0.2, -0.15) is 0 Å². The van der Waals surface area contributed by atoms with Crippen molar-refractivity contribution in [1.29, 1.82) is 0 Å². The number of piperidine rings is 1. The third-order valence-electron chi connectivity index (χ3n) is 7.02. The zero-order valence-electron chi connectivity index (χ0n) is 20.1. The topological polar surface area (TPSA) is 75.6 Å². The number of pyridine rings is 2. The Morgan fingerprint density at radius 1 is 1.26 bits per heavy atom. The minimum atomic E-state index is -0.706. The quantitative estimate of drug-likeness (QED) is 0.317. The summed E-state index contributed by atoms with van der Waals surface area (Å²) in [5.41, 5.74) is 1.79. The van der Waals surface area contributed by atoms with E-state index in [-0.39, 0.29) is 11.8 Å². The normalized spacial score (nSPS) is 15.8. The molecule has 6 nitrogen and oxygen atoms in total. The lowest BCUT2D eigenvalue weighted by atomic mass is 9.72. The van der Waals surface area contributed by atoms with Crippen molar-refractivity contribution in [2.75, 3.05) is 32.5 Å². The van der Waals surface area contributed by atoms with Crippen LogP contribution < -0.4 is 4.74 Å². The zero-order valence-corrected chi connectivity index (χ0v) is 21.7. The van der Waals surface area contributed by atoms with Gasteiger partial charge in [0.05, 0.1) is 24.1 Å². The molecular weight excluding hydrogens is 482 g/mol. The Kier molecular flexibility index (Phi) is 8.87. The molecule has 0 spiro atoms. The van der Waals surface area contributed by atoms with Crippen LogP contribution in [0, 0.1) is 5.41 Å². The number of aryl methyl sites for hydroxylation is 1. The predicted molar refractivity (Wildman–Crippen MR) is 142 cm³/mol. The molecule has 1 N–H and O–H groups in total. The Morgan fingerprint density at radius 3 is 2.80 bits per heavy atom. The number of aromatic nitrogens is 2. The largest absolute Gasteiger partial charge is 0.497 e. The second-order valence-corrected chi connectivity index (χ2v) is 10.8. The number of hydrogen-bond donors (Lipinski definition) is 1. The summed E-state index contributed by atoms with van der Waals surface area (Å²) in [6.45, 7) is 2.89. The highest BCUT2D eigenvalue weighted by molar-refractivity contribution is 7.99. The van der Waals surface area contributed by atoms with Gasteiger partial charge in [-0.3, -0.25) is 14.8 Å². The third kappa shape index (κ3) is 6.87. The number of carboxylic acid groups (broad SMARTS) is 1. The molecule has 8 heteroatoms. The van der Waals surface area contributed by atoms with Gasteiger partial charge in [-0.05, 0) is 86.5 Å². The fourth-order valence-corrected chi connectivity index (χ4v) is 6.18. The van der Waals surface area contributed by atoms with Crippen LogP contribution in [-0.4, -0.2) is 58.4 Å². The van der Waals surface area contributed by atoms with Crippen LogP contribution in [0.4, 0.5) is 0 Å². The van der Waals surface area contributed by atoms with E-state index in [4.69, 9.17) is 16.3 Å². The fourth-order valence-electron chi connectivity index (χ4n) is 5.04. The summed E-state index contributed by atoms with van der Waals surface area (Å²) < 4.78 is 5.39. The van der Waals surface area contributed by atoms with Crippen LogP contribution in [0.15, 0.2) is 53.8 Å². The number of fused-ring (bicyclic) bond motifs is 1. The van der Waals surface area contributed by atoms with Crippen LogP contribution in [0.2, 0.25) is 5.02 Å². The minimum Gasteiger partial charge on any atom is -0.497 e. The molecule has 0 atom stereocenters. The maximum atomic E-state index is 11.7. The number of thioether (sulfide) groups is 1. The molecule has 0 saturated carbocycles. The Morgan fingerprint density at radius 2 is 2.09 bits per heavy atom. The molecule has 1 fully saturated rings. The Bertz CT molecular complexity index is 1140. The predicted octanol–water partition coefficient (Wildman–Crippen LogP) is 5.96. The van der Waals surface area contributed by atoms with Crippen molar-refractivity contribution in [3.05, 3.63) is 59.5 Å². The molecule has 1 aliphatic rings. The lowest BCUT2D eigenvalue weighted by Gasteiger charge is -2.41. The molecule has 2 aromatic heterocycles. The second kappa shape index (κ2) is 12.1. The average molecular weight is 514 g/mol. The van der Waals surface area contributed by atoms with E-state index in [2.05, 4.69) is 20.9 Å². The van der Waals surface area contributed by atoms with Gasteiger partial charge in [0.15, 0.2) is 0 Å². The average Bonchev–Trinajstić information content (AvgIpc) is 2.86. The van der Waals surface area contributed by atoms with Crippen molar-refractivity contribution in [1.82, 2.24) is 14.9 Å². The van der Waals surface area contributed by atoms with Gasteiger partial charge >= 0.3 is 5.97 Å². The molecule has 186 valence electrons.